The highest BCUT2D eigenvalue weighted by Gasteiger charge is 2.30. The maximum absolute atomic E-state index is 15.0. The Hall–Kier alpha value is -4.51. The maximum atomic E-state index is 15.0. The standard InChI is InChI=1S/C31H31F2N7O2/c1-18-34-11-9-27(35-18)37-29-20-8-10-31(2,3)16-25(20)36-30(38-29)28-21-6-4-5-7-26(21)40(39-28)17-22-23(32)14-19(15-24(22)33)42-13-12-41/h4-7,9,11,14-15,41H,8,10,12-13,16-17H2,1-3H3,(H,34,35,36,37,38). The molecular formula is C31H31F2N7O2. The summed E-state index contributed by atoms with van der Waals surface area (Å²) in [5, 5.41) is 17.9. The molecule has 0 atom stereocenters. The summed E-state index contributed by atoms with van der Waals surface area (Å²) in [6.45, 7) is 5.82. The Morgan fingerprint density at radius 3 is 2.62 bits per heavy atom. The van der Waals surface area contributed by atoms with Crippen LogP contribution in [0.5, 0.6) is 5.75 Å². The first-order chi connectivity index (χ1) is 20.2. The van der Waals surface area contributed by atoms with Crippen LogP contribution in [0.15, 0.2) is 48.7 Å². The minimum Gasteiger partial charge on any atom is -0.491 e. The van der Waals surface area contributed by atoms with Crippen LogP contribution < -0.4 is 10.1 Å². The van der Waals surface area contributed by atoms with Crippen molar-refractivity contribution in [1.82, 2.24) is 29.7 Å². The summed E-state index contributed by atoms with van der Waals surface area (Å²) in [5.74, 6) is 0.846. The molecule has 6 rings (SSSR count). The lowest BCUT2D eigenvalue weighted by Gasteiger charge is -2.31. The van der Waals surface area contributed by atoms with Gasteiger partial charge in [-0.3, -0.25) is 4.68 Å². The van der Waals surface area contributed by atoms with E-state index in [-0.39, 0.29) is 36.5 Å². The van der Waals surface area contributed by atoms with Crippen LogP contribution in [0.1, 0.15) is 42.9 Å². The Labute approximate surface area is 241 Å². The van der Waals surface area contributed by atoms with Crippen LogP contribution in [0, 0.1) is 24.0 Å². The van der Waals surface area contributed by atoms with Gasteiger partial charge in [0.1, 0.15) is 47.1 Å². The molecule has 1 aliphatic rings. The van der Waals surface area contributed by atoms with Gasteiger partial charge in [-0.2, -0.15) is 5.10 Å². The van der Waals surface area contributed by atoms with E-state index in [9.17, 15) is 0 Å². The summed E-state index contributed by atoms with van der Waals surface area (Å²) >= 11 is 0. The quantitative estimate of drug-likeness (QED) is 0.250. The molecule has 2 N–H and O–H groups in total. The fourth-order valence-corrected chi connectivity index (χ4v) is 5.34. The van der Waals surface area contributed by atoms with Crippen LogP contribution in [0.2, 0.25) is 0 Å². The van der Waals surface area contributed by atoms with E-state index in [0.29, 0.717) is 34.5 Å². The van der Waals surface area contributed by atoms with Crippen LogP contribution in [-0.2, 0) is 19.4 Å². The first-order valence-electron chi connectivity index (χ1n) is 13.8. The van der Waals surface area contributed by atoms with E-state index < -0.39 is 11.6 Å². The zero-order valence-corrected chi connectivity index (χ0v) is 23.7. The average Bonchev–Trinajstić information content (AvgIpc) is 3.31. The lowest BCUT2D eigenvalue weighted by molar-refractivity contribution is 0.200. The number of benzene rings is 2. The second kappa shape index (κ2) is 11.1. The second-order valence-corrected chi connectivity index (χ2v) is 11.2. The predicted octanol–water partition coefficient (Wildman–Crippen LogP) is 5.55. The molecule has 0 bridgehead atoms. The number of fused-ring (bicyclic) bond motifs is 2. The average molecular weight is 572 g/mol. The number of nitrogens with one attached hydrogen (secondary N) is 1. The number of aryl methyl sites for hydroxylation is 1. The van der Waals surface area contributed by atoms with Crippen LogP contribution in [0.4, 0.5) is 20.4 Å². The van der Waals surface area contributed by atoms with Gasteiger partial charge in [-0.1, -0.05) is 32.0 Å². The highest BCUT2D eigenvalue weighted by Crippen LogP contribution is 2.38. The Balaban J connectivity index is 1.44. The van der Waals surface area contributed by atoms with Gasteiger partial charge in [-0.15, -0.1) is 0 Å². The molecule has 2 aromatic carbocycles. The molecule has 5 aromatic rings. The van der Waals surface area contributed by atoms with Crippen LogP contribution in [0.25, 0.3) is 22.4 Å². The molecule has 9 nitrogen and oxygen atoms in total. The summed E-state index contributed by atoms with van der Waals surface area (Å²) in [6.07, 6.45) is 4.29. The van der Waals surface area contributed by atoms with Crippen molar-refractivity contribution in [2.24, 2.45) is 5.41 Å². The number of aliphatic hydroxyl groups excluding tert-OH is 1. The second-order valence-electron chi connectivity index (χ2n) is 11.2. The smallest absolute Gasteiger partial charge is 0.182 e. The van der Waals surface area contributed by atoms with Gasteiger partial charge < -0.3 is 15.2 Å². The van der Waals surface area contributed by atoms with Crippen LogP contribution in [0.3, 0.4) is 0 Å². The van der Waals surface area contributed by atoms with Gasteiger partial charge in [-0.25, -0.2) is 28.7 Å². The summed E-state index contributed by atoms with van der Waals surface area (Å²) in [6, 6.07) is 11.5. The molecule has 0 saturated carbocycles. The highest BCUT2D eigenvalue weighted by atomic mass is 19.1. The van der Waals surface area contributed by atoms with Crippen molar-refractivity contribution in [3.8, 4) is 17.3 Å². The molecule has 1 aliphatic carbocycles. The third-order valence-corrected chi connectivity index (χ3v) is 7.47. The number of aromatic nitrogens is 6. The number of ether oxygens (including phenoxy) is 1. The Morgan fingerprint density at radius 1 is 1.07 bits per heavy atom. The predicted molar refractivity (Wildman–Crippen MR) is 155 cm³/mol. The normalized spacial score (nSPS) is 14.1. The monoisotopic (exact) mass is 571 g/mol. The number of hydrogen-bond acceptors (Lipinski definition) is 8. The van der Waals surface area contributed by atoms with Crippen molar-refractivity contribution in [3.63, 3.8) is 0 Å². The fraction of sp³-hybridized carbons (Fsp3) is 0.323. The molecule has 0 saturated heterocycles. The van der Waals surface area contributed by atoms with Crippen molar-refractivity contribution in [2.45, 2.75) is 46.6 Å². The van der Waals surface area contributed by atoms with Crippen molar-refractivity contribution < 1.29 is 18.6 Å². The van der Waals surface area contributed by atoms with E-state index in [2.05, 4.69) is 29.1 Å². The van der Waals surface area contributed by atoms with E-state index in [1.165, 1.54) is 0 Å². The Kier molecular flexibility index (Phi) is 7.28. The molecule has 0 radical (unpaired) electrons. The molecule has 3 heterocycles. The third-order valence-electron chi connectivity index (χ3n) is 7.47. The number of hydrogen-bond donors (Lipinski definition) is 2. The number of rotatable bonds is 8. The van der Waals surface area contributed by atoms with Crippen molar-refractivity contribution >= 4 is 22.5 Å². The summed E-state index contributed by atoms with van der Waals surface area (Å²) in [5.41, 5.74) is 3.12. The number of anilines is 2. The summed E-state index contributed by atoms with van der Waals surface area (Å²) < 4.78 is 36.8. The molecule has 0 aliphatic heterocycles. The zero-order chi connectivity index (χ0) is 29.4. The van der Waals surface area contributed by atoms with E-state index in [1.807, 2.05) is 31.2 Å². The molecular weight excluding hydrogens is 540 g/mol. The molecule has 0 unspecified atom stereocenters. The van der Waals surface area contributed by atoms with Gasteiger partial charge in [0.25, 0.3) is 0 Å². The fourth-order valence-electron chi connectivity index (χ4n) is 5.34. The van der Waals surface area contributed by atoms with Gasteiger partial charge in [0.2, 0.25) is 0 Å². The number of aliphatic hydroxyl groups is 1. The molecule has 11 heteroatoms. The number of para-hydroxylation sites is 1. The highest BCUT2D eigenvalue weighted by molar-refractivity contribution is 5.92. The number of halogens is 2. The lowest BCUT2D eigenvalue weighted by atomic mass is 9.76. The zero-order valence-electron chi connectivity index (χ0n) is 23.7. The summed E-state index contributed by atoms with van der Waals surface area (Å²) in [7, 11) is 0. The van der Waals surface area contributed by atoms with Crippen molar-refractivity contribution in [2.75, 3.05) is 18.5 Å². The van der Waals surface area contributed by atoms with Gasteiger partial charge in [0.05, 0.1) is 24.4 Å². The molecule has 0 spiro atoms. The molecule has 216 valence electrons. The van der Waals surface area contributed by atoms with E-state index in [0.717, 1.165) is 48.0 Å². The first kappa shape index (κ1) is 27.6. The van der Waals surface area contributed by atoms with Crippen molar-refractivity contribution in [1.29, 1.82) is 0 Å². The third kappa shape index (κ3) is 5.52. The topological polar surface area (TPSA) is 111 Å². The molecule has 42 heavy (non-hydrogen) atoms. The SMILES string of the molecule is Cc1nccc(Nc2nc(-c3nn(Cc4c(F)cc(OCCO)cc4F)c4ccccc34)nc3c2CCC(C)(C)C3)n1. The molecule has 0 fully saturated rings. The maximum Gasteiger partial charge on any atom is 0.182 e. The first-order valence-corrected chi connectivity index (χ1v) is 13.8. The van der Waals surface area contributed by atoms with Gasteiger partial charge >= 0.3 is 0 Å². The summed E-state index contributed by atoms with van der Waals surface area (Å²) in [4.78, 5) is 18.6. The largest absolute Gasteiger partial charge is 0.491 e. The van der Waals surface area contributed by atoms with E-state index in [4.69, 9.17) is 24.9 Å². The van der Waals surface area contributed by atoms with Crippen molar-refractivity contribution in [3.05, 3.63) is 82.9 Å². The van der Waals surface area contributed by atoms with Gasteiger partial charge in [-0.05, 0) is 43.7 Å². The van der Waals surface area contributed by atoms with Gasteiger partial charge in [0, 0.05) is 34.8 Å². The lowest BCUT2D eigenvalue weighted by Crippen LogP contribution is -2.25. The molecule has 3 aromatic heterocycles. The van der Waals surface area contributed by atoms with Crippen LogP contribution >= 0.6 is 0 Å². The Bertz CT molecular complexity index is 1760. The van der Waals surface area contributed by atoms with Crippen LogP contribution in [-0.4, -0.2) is 48.0 Å². The molecule has 0 amide bonds. The van der Waals surface area contributed by atoms with Gasteiger partial charge in [0.15, 0.2) is 5.82 Å². The van der Waals surface area contributed by atoms with E-state index >= 15 is 8.78 Å². The minimum absolute atomic E-state index is 0.0121. The van der Waals surface area contributed by atoms with E-state index in [1.54, 1.807) is 16.9 Å². The number of nitrogens with zero attached hydrogens (tertiary/aromatic N) is 6. The minimum atomic E-state index is -0.761. The Morgan fingerprint density at radius 2 is 1.86 bits per heavy atom.